The van der Waals surface area contributed by atoms with Crippen molar-refractivity contribution in [3.05, 3.63) is 59.2 Å². The van der Waals surface area contributed by atoms with Crippen molar-refractivity contribution in [1.82, 2.24) is 10.2 Å². The van der Waals surface area contributed by atoms with E-state index in [0.29, 0.717) is 12.1 Å². The Morgan fingerprint density at radius 2 is 1.74 bits per heavy atom. The number of hydrogen-bond acceptors (Lipinski definition) is 4. The number of carbonyl (C=O) groups is 1. The van der Waals surface area contributed by atoms with E-state index >= 15 is 0 Å². The summed E-state index contributed by atoms with van der Waals surface area (Å²) < 4.78 is 0. The number of piperidine rings is 2. The van der Waals surface area contributed by atoms with Crippen LogP contribution >= 0.6 is 0 Å². The molecule has 2 N–H and O–H groups in total. The Morgan fingerprint density at radius 1 is 1.00 bits per heavy atom. The normalized spacial score (nSPS) is 20.0. The van der Waals surface area contributed by atoms with Crippen LogP contribution < -0.4 is 15.5 Å². The van der Waals surface area contributed by atoms with E-state index < -0.39 is 0 Å². The largest absolute Gasteiger partial charge is 0.371 e. The molecular formula is C29H42N4O. The predicted molar refractivity (Wildman–Crippen MR) is 143 cm³/mol. The summed E-state index contributed by atoms with van der Waals surface area (Å²) >= 11 is 0. The standard InChI is InChI=1S/C29H42N4O/c1-21(2)33-15-5-6-24(20-33)19-30-25-13-16-32(17-14-25)27-10-8-26(9-11-27)31-29(34)28-12-7-22(3)18-23(28)4/h7-12,18,21,24-25,30H,5-6,13-17,19-20H2,1-4H3,(H,31,34)/t24-/m0/s1. The molecule has 5 heteroatoms. The summed E-state index contributed by atoms with van der Waals surface area (Å²) in [6.45, 7) is 14.5. The lowest BCUT2D eigenvalue weighted by Crippen LogP contribution is -2.47. The number of anilines is 2. The molecule has 0 saturated carbocycles. The van der Waals surface area contributed by atoms with Crippen LogP contribution in [0.3, 0.4) is 0 Å². The van der Waals surface area contributed by atoms with Crippen molar-refractivity contribution in [3.8, 4) is 0 Å². The van der Waals surface area contributed by atoms with Crippen LogP contribution in [0.1, 0.15) is 61.0 Å². The summed E-state index contributed by atoms with van der Waals surface area (Å²) in [6.07, 6.45) is 5.07. The SMILES string of the molecule is Cc1ccc(C(=O)Nc2ccc(N3CCC(NC[C@@H]4CCCN(C(C)C)C4)CC3)cc2)c(C)c1. The van der Waals surface area contributed by atoms with Crippen molar-refractivity contribution in [2.45, 2.75) is 65.5 Å². The third-order valence-corrected chi connectivity index (χ3v) is 7.59. The van der Waals surface area contributed by atoms with Crippen LogP contribution in [0.2, 0.25) is 0 Å². The maximum absolute atomic E-state index is 12.7. The van der Waals surface area contributed by atoms with Crippen LogP contribution in [-0.4, -0.2) is 55.6 Å². The van der Waals surface area contributed by atoms with E-state index in [1.165, 1.54) is 50.0 Å². The molecule has 1 atom stereocenters. The number of nitrogens with zero attached hydrogens (tertiary/aromatic N) is 2. The van der Waals surface area contributed by atoms with Gasteiger partial charge in [0.25, 0.3) is 5.91 Å². The van der Waals surface area contributed by atoms with Gasteiger partial charge in [0.2, 0.25) is 0 Å². The summed E-state index contributed by atoms with van der Waals surface area (Å²) in [5, 5.41) is 6.92. The van der Waals surface area contributed by atoms with E-state index in [4.69, 9.17) is 0 Å². The number of amides is 1. The van der Waals surface area contributed by atoms with Gasteiger partial charge in [0.05, 0.1) is 0 Å². The maximum atomic E-state index is 12.7. The number of likely N-dealkylation sites (tertiary alicyclic amines) is 1. The zero-order valence-corrected chi connectivity index (χ0v) is 21.4. The summed E-state index contributed by atoms with van der Waals surface area (Å²) in [6, 6.07) is 15.5. The molecule has 2 aromatic carbocycles. The molecule has 0 aromatic heterocycles. The third-order valence-electron chi connectivity index (χ3n) is 7.59. The minimum absolute atomic E-state index is 0.0494. The van der Waals surface area contributed by atoms with Gasteiger partial charge >= 0.3 is 0 Å². The van der Waals surface area contributed by atoms with Crippen molar-refractivity contribution in [3.63, 3.8) is 0 Å². The van der Waals surface area contributed by atoms with Gasteiger partial charge in [0.1, 0.15) is 0 Å². The first-order chi connectivity index (χ1) is 16.4. The van der Waals surface area contributed by atoms with E-state index in [9.17, 15) is 4.79 Å². The highest BCUT2D eigenvalue weighted by Gasteiger charge is 2.24. The first kappa shape index (κ1) is 24.7. The average Bonchev–Trinajstić information content (AvgIpc) is 2.83. The Kier molecular flexibility index (Phi) is 8.28. The molecule has 5 nitrogen and oxygen atoms in total. The Hall–Kier alpha value is -2.37. The number of carbonyl (C=O) groups excluding carboxylic acids is 1. The summed E-state index contributed by atoms with van der Waals surface area (Å²) in [7, 11) is 0. The fourth-order valence-corrected chi connectivity index (χ4v) is 5.43. The highest BCUT2D eigenvalue weighted by molar-refractivity contribution is 6.05. The molecule has 184 valence electrons. The molecule has 2 aliphatic rings. The fraction of sp³-hybridized carbons (Fsp3) is 0.552. The molecule has 0 aliphatic carbocycles. The van der Waals surface area contributed by atoms with Gasteiger partial charge in [-0.2, -0.15) is 0 Å². The van der Waals surface area contributed by atoms with E-state index in [-0.39, 0.29) is 5.91 Å². The lowest BCUT2D eigenvalue weighted by molar-refractivity contribution is 0.102. The van der Waals surface area contributed by atoms with Gasteiger partial charge in [0.15, 0.2) is 0 Å². The van der Waals surface area contributed by atoms with Crippen molar-refractivity contribution < 1.29 is 4.79 Å². The molecule has 0 spiro atoms. The summed E-state index contributed by atoms with van der Waals surface area (Å²) in [5.74, 6) is 0.743. The molecule has 0 bridgehead atoms. The number of benzene rings is 2. The minimum Gasteiger partial charge on any atom is -0.371 e. The monoisotopic (exact) mass is 462 g/mol. The minimum atomic E-state index is -0.0494. The van der Waals surface area contributed by atoms with E-state index in [1.54, 1.807) is 0 Å². The van der Waals surface area contributed by atoms with Crippen LogP contribution in [0.15, 0.2) is 42.5 Å². The quantitative estimate of drug-likeness (QED) is 0.591. The zero-order valence-electron chi connectivity index (χ0n) is 21.4. The second kappa shape index (κ2) is 11.4. The predicted octanol–water partition coefficient (Wildman–Crippen LogP) is 5.23. The number of hydrogen-bond donors (Lipinski definition) is 2. The molecule has 2 fully saturated rings. The average molecular weight is 463 g/mol. The van der Waals surface area contributed by atoms with Crippen molar-refractivity contribution >= 4 is 17.3 Å². The Bertz CT molecular complexity index is 947. The molecule has 2 aliphatic heterocycles. The highest BCUT2D eigenvalue weighted by Crippen LogP contribution is 2.24. The Morgan fingerprint density at radius 3 is 2.41 bits per heavy atom. The summed E-state index contributed by atoms with van der Waals surface area (Å²) in [4.78, 5) is 17.8. The topological polar surface area (TPSA) is 47.6 Å². The first-order valence-electron chi connectivity index (χ1n) is 13.1. The van der Waals surface area contributed by atoms with Crippen molar-refractivity contribution in [2.24, 2.45) is 5.92 Å². The number of rotatable bonds is 7. The van der Waals surface area contributed by atoms with Crippen LogP contribution in [0.5, 0.6) is 0 Å². The molecule has 1 amide bonds. The first-order valence-corrected chi connectivity index (χ1v) is 13.1. The fourth-order valence-electron chi connectivity index (χ4n) is 5.43. The van der Waals surface area contributed by atoms with E-state index in [0.717, 1.165) is 42.4 Å². The van der Waals surface area contributed by atoms with Gasteiger partial charge in [-0.25, -0.2) is 0 Å². The van der Waals surface area contributed by atoms with Crippen molar-refractivity contribution in [1.29, 1.82) is 0 Å². The van der Waals surface area contributed by atoms with Crippen LogP contribution in [-0.2, 0) is 0 Å². The van der Waals surface area contributed by atoms with Gasteiger partial charge in [-0.3, -0.25) is 4.79 Å². The van der Waals surface area contributed by atoms with Gasteiger partial charge in [-0.15, -0.1) is 0 Å². The number of nitrogens with one attached hydrogen (secondary N) is 2. The molecule has 4 rings (SSSR count). The zero-order chi connectivity index (χ0) is 24.1. The second-order valence-corrected chi connectivity index (χ2v) is 10.6. The van der Waals surface area contributed by atoms with Crippen molar-refractivity contribution in [2.75, 3.05) is 42.9 Å². The van der Waals surface area contributed by atoms with Gasteiger partial charge in [0, 0.05) is 48.7 Å². The molecule has 34 heavy (non-hydrogen) atoms. The number of aryl methyl sites for hydroxylation is 2. The smallest absolute Gasteiger partial charge is 0.255 e. The van der Waals surface area contributed by atoms with E-state index in [1.807, 2.05) is 44.2 Å². The molecule has 0 radical (unpaired) electrons. The lowest BCUT2D eigenvalue weighted by atomic mass is 9.95. The molecule has 2 heterocycles. The van der Waals surface area contributed by atoms with E-state index in [2.05, 4.69) is 46.4 Å². The highest BCUT2D eigenvalue weighted by atomic mass is 16.1. The van der Waals surface area contributed by atoms with Crippen LogP contribution in [0, 0.1) is 19.8 Å². The Balaban J connectivity index is 1.23. The van der Waals surface area contributed by atoms with Gasteiger partial charge in [-0.1, -0.05) is 17.7 Å². The molecule has 0 unspecified atom stereocenters. The molecule has 2 aromatic rings. The van der Waals surface area contributed by atoms with Gasteiger partial charge < -0.3 is 20.4 Å². The lowest BCUT2D eigenvalue weighted by Gasteiger charge is -2.38. The third kappa shape index (κ3) is 6.39. The molecular weight excluding hydrogens is 420 g/mol. The second-order valence-electron chi connectivity index (χ2n) is 10.6. The van der Waals surface area contributed by atoms with Gasteiger partial charge in [-0.05, 0) is 108 Å². The Labute approximate surface area is 205 Å². The van der Waals surface area contributed by atoms with Crippen LogP contribution in [0.25, 0.3) is 0 Å². The maximum Gasteiger partial charge on any atom is 0.255 e. The summed E-state index contributed by atoms with van der Waals surface area (Å²) in [5.41, 5.74) is 4.99. The van der Waals surface area contributed by atoms with Crippen LogP contribution in [0.4, 0.5) is 11.4 Å². The molecule has 2 saturated heterocycles.